The Balaban J connectivity index is 2.21. The van der Waals surface area contributed by atoms with Gasteiger partial charge in [0.2, 0.25) is 0 Å². The highest BCUT2D eigenvalue weighted by Crippen LogP contribution is 2.20. The van der Waals surface area contributed by atoms with Gasteiger partial charge < -0.3 is 5.32 Å². The molecule has 0 aliphatic carbocycles. The number of benzene rings is 1. The van der Waals surface area contributed by atoms with Gasteiger partial charge in [-0.25, -0.2) is 0 Å². The number of carbonyl (C=O) groups excluding carboxylic acids is 1. The van der Waals surface area contributed by atoms with E-state index < -0.39 is 0 Å². The largest absolute Gasteiger partial charge is 0.321 e. The van der Waals surface area contributed by atoms with Gasteiger partial charge >= 0.3 is 0 Å². The Morgan fingerprint density at radius 3 is 2.61 bits per heavy atom. The van der Waals surface area contributed by atoms with Crippen molar-refractivity contribution < 1.29 is 4.79 Å². The summed E-state index contributed by atoms with van der Waals surface area (Å²) in [7, 11) is 1.76. The highest BCUT2D eigenvalue weighted by Gasteiger charge is 2.12. The fraction of sp³-hybridized carbons (Fsp3) is 0.231. The lowest BCUT2D eigenvalue weighted by atomic mass is 10.2. The van der Waals surface area contributed by atoms with E-state index in [4.69, 9.17) is 0 Å². The predicted molar refractivity (Wildman–Crippen MR) is 74.8 cm³/mol. The van der Waals surface area contributed by atoms with Crippen molar-refractivity contribution >= 4 is 27.5 Å². The standard InChI is InChI=1S/C13H14BrN3O/c1-8-6-10(4-5-11(8)14)15-13(18)12-7-9(2)16-17(12)3/h4-7H,1-3H3,(H,15,18). The van der Waals surface area contributed by atoms with Gasteiger partial charge in [0.05, 0.1) is 5.69 Å². The fourth-order valence-corrected chi connectivity index (χ4v) is 1.99. The van der Waals surface area contributed by atoms with Crippen LogP contribution in [0.1, 0.15) is 21.7 Å². The number of carbonyl (C=O) groups is 1. The van der Waals surface area contributed by atoms with Gasteiger partial charge in [-0.2, -0.15) is 5.10 Å². The molecule has 0 saturated carbocycles. The molecule has 0 spiro atoms. The van der Waals surface area contributed by atoms with Gasteiger partial charge in [-0.3, -0.25) is 9.48 Å². The summed E-state index contributed by atoms with van der Waals surface area (Å²) >= 11 is 3.43. The molecule has 94 valence electrons. The molecule has 2 rings (SSSR count). The van der Waals surface area contributed by atoms with Gasteiger partial charge in [-0.05, 0) is 43.7 Å². The second-order valence-electron chi connectivity index (χ2n) is 4.21. The summed E-state index contributed by atoms with van der Waals surface area (Å²) in [5.41, 5.74) is 3.23. The van der Waals surface area contributed by atoms with Crippen LogP contribution in [0.15, 0.2) is 28.7 Å². The molecule has 0 atom stereocenters. The summed E-state index contributed by atoms with van der Waals surface area (Å²) in [6.45, 7) is 3.84. The molecule has 18 heavy (non-hydrogen) atoms. The first-order valence-corrected chi connectivity index (χ1v) is 6.35. The number of anilines is 1. The van der Waals surface area contributed by atoms with Crippen LogP contribution in [0.25, 0.3) is 0 Å². The highest BCUT2D eigenvalue weighted by atomic mass is 79.9. The van der Waals surface area contributed by atoms with E-state index in [1.165, 1.54) is 0 Å². The minimum atomic E-state index is -0.153. The molecule has 0 bridgehead atoms. The van der Waals surface area contributed by atoms with Crippen molar-refractivity contribution in [2.24, 2.45) is 7.05 Å². The van der Waals surface area contributed by atoms with Gasteiger partial charge in [0, 0.05) is 17.2 Å². The monoisotopic (exact) mass is 307 g/mol. The fourth-order valence-electron chi connectivity index (χ4n) is 1.74. The van der Waals surface area contributed by atoms with Crippen molar-refractivity contribution in [1.82, 2.24) is 9.78 Å². The van der Waals surface area contributed by atoms with E-state index in [9.17, 15) is 4.79 Å². The zero-order valence-corrected chi connectivity index (χ0v) is 12.1. The number of nitrogens with one attached hydrogen (secondary N) is 1. The van der Waals surface area contributed by atoms with Gasteiger partial charge in [0.15, 0.2) is 0 Å². The molecule has 1 amide bonds. The predicted octanol–water partition coefficient (Wildman–Crippen LogP) is 3.05. The highest BCUT2D eigenvalue weighted by molar-refractivity contribution is 9.10. The summed E-state index contributed by atoms with van der Waals surface area (Å²) in [6, 6.07) is 7.46. The van der Waals surface area contributed by atoms with Crippen LogP contribution >= 0.6 is 15.9 Å². The van der Waals surface area contributed by atoms with Crippen LogP contribution in [0.5, 0.6) is 0 Å². The molecule has 1 aromatic carbocycles. The normalized spacial score (nSPS) is 10.4. The van der Waals surface area contributed by atoms with E-state index in [1.807, 2.05) is 32.0 Å². The van der Waals surface area contributed by atoms with Crippen LogP contribution in [0.3, 0.4) is 0 Å². The van der Waals surface area contributed by atoms with Crippen molar-refractivity contribution in [2.45, 2.75) is 13.8 Å². The lowest BCUT2D eigenvalue weighted by molar-refractivity contribution is 0.101. The Labute approximate surface area is 114 Å². The summed E-state index contributed by atoms with van der Waals surface area (Å²) in [4.78, 5) is 12.1. The van der Waals surface area contributed by atoms with Crippen LogP contribution in [0.2, 0.25) is 0 Å². The summed E-state index contributed by atoms with van der Waals surface area (Å²) in [6.07, 6.45) is 0. The zero-order chi connectivity index (χ0) is 13.3. The summed E-state index contributed by atoms with van der Waals surface area (Å²) < 4.78 is 2.60. The van der Waals surface area contributed by atoms with Crippen LogP contribution in [-0.2, 0) is 7.05 Å². The average Bonchev–Trinajstić information content (AvgIpc) is 2.63. The Hall–Kier alpha value is -1.62. The third-order valence-electron chi connectivity index (χ3n) is 2.65. The van der Waals surface area contributed by atoms with Crippen molar-refractivity contribution in [3.63, 3.8) is 0 Å². The van der Waals surface area contributed by atoms with Gasteiger partial charge in [0.1, 0.15) is 5.69 Å². The number of amides is 1. The van der Waals surface area contributed by atoms with Gasteiger partial charge in [-0.15, -0.1) is 0 Å². The Morgan fingerprint density at radius 2 is 2.06 bits per heavy atom. The molecule has 4 nitrogen and oxygen atoms in total. The third-order valence-corrected chi connectivity index (χ3v) is 3.54. The zero-order valence-electron chi connectivity index (χ0n) is 10.5. The van der Waals surface area contributed by atoms with Gasteiger partial charge in [0.25, 0.3) is 5.91 Å². The van der Waals surface area contributed by atoms with E-state index in [0.29, 0.717) is 5.69 Å². The van der Waals surface area contributed by atoms with Crippen molar-refractivity contribution in [3.05, 3.63) is 45.7 Å². The van der Waals surface area contributed by atoms with E-state index >= 15 is 0 Å². The van der Waals surface area contributed by atoms with E-state index in [-0.39, 0.29) is 5.91 Å². The SMILES string of the molecule is Cc1cc(C(=O)Nc2ccc(Br)c(C)c2)n(C)n1. The Kier molecular flexibility index (Phi) is 3.52. The van der Waals surface area contributed by atoms with Crippen molar-refractivity contribution in [2.75, 3.05) is 5.32 Å². The quantitative estimate of drug-likeness (QED) is 0.927. The molecule has 0 aliphatic rings. The van der Waals surface area contributed by atoms with Crippen molar-refractivity contribution in [1.29, 1.82) is 0 Å². The van der Waals surface area contributed by atoms with Crippen molar-refractivity contribution in [3.8, 4) is 0 Å². The lowest BCUT2D eigenvalue weighted by Gasteiger charge is -2.07. The molecule has 0 fully saturated rings. The van der Waals surface area contributed by atoms with Crippen LogP contribution in [0, 0.1) is 13.8 Å². The maximum atomic E-state index is 12.1. The smallest absolute Gasteiger partial charge is 0.273 e. The van der Waals surface area contributed by atoms with E-state index in [1.54, 1.807) is 17.8 Å². The third kappa shape index (κ3) is 2.61. The van der Waals surface area contributed by atoms with Crippen LogP contribution in [-0.4, -0.2) is 15.7 Å². The van der Waals surface area contributed by atoms with Crippen LogP contribution in [0.4, 0.5) is 5.69 Å². The molecule has 2 aromatic rings. The number of aryl methyl sites for hydroxylation is 3. The number of halogens is 1. The minimum absolute atomic E-state index is 0.153. The molecule has 5 heteroatoms. The Morgan fingerprint density at radius 1 is 1.33 bits per heavy atom. The molecule has 1 N–H and O–H groups in total. The molecule has 1 aromatic heterocycles. The number of hydrogen-bond acceptors (Lipinski definition) is 2. The molecule has 1 heterocycles. The molecular formula is C13H14BrN3O. The first kappa shape index (κ1) is 12.8. The first-order chi connectivity index (χ1) is 8.47. The molecule has 0 aliphatic heterocycles. The topological polar surface area (TPSA) is 46.9 Å². The summed E-state index contributed by atoms with van der Waals surface area (Å²) in [5.74, 6) is -0.153. The summed E-state index contributed by atoms with van der Waals surface area (Å²) in [5, 5.41) is 7.01. The average molecular weight is 308 g/mol. The van der Waals surface area contributed by atoms with E-state index in [0.717, 1.165) is 21.4 Å². The maximum absolute atomic E-state index is 12.1. The minimum Gasteiger partial charge on any atom is -0.321 e. The number of hydrogen-bond donors (Lipinski definition) is 1. The second kappa shape index (κ2) is 4.94. The number of nitrogens with zero attached hydrogens (tertiary/aromatic N) is 2. The number of aromatic nitrogens is 2. The first-order valence-electron chi connectivity index (χ1n) is 5.55. The molecule has 0 saturated heterocycles. The molecular weight excluding hydrogens is 294 g/mol. The number of rotatable bonds is 2. The lowest BCUT2D eigenvalue weighted by Crippen LogP contribution is -2.16. The molecule has 0 unspecified atom stereocenters. The molecule has 0 radical (unpaired) electrons. The van der Waals surface area contributed by atoms with E-state index in [2.05, 4.69) is 26.3 Å². The maximum Gasteiger partial charge on any atom is 0.273 e. The Bertz CT molecular complexity index is 604. The second-order valence-corrected chi connectivity index (χ2v) is 5.07. The van der Waals surface area contributed by atoms with Crippen LogP contribution < -0.4 is 5.32 Å². The van der Waals surface area contributed by atoms with Gasteiger partial charge in [-0.1, -0.05) is 15.9 Å².